The second kappa shape index (κ2) is 5.70. The Hall–Kier alpha value is -2.41. The predicted octanol–water partition coefficient (Wildman–Crippen LogP) is 1.66. The van der Waals surface area contributed by atoms with E-state index in [2.05, 4.69) is 9.69 Å². The molecule has 1 aromatic heterocycles. The zero-order valence-corrected chi connectivity index (χ0v) is 11.5. The third kappa shape index (κ3) is 2.94. The lowest BCUT2D eigenvalue weighted by Gasteiger charge is -2.05. The minimum Gasteiger partial charge on any atom is -0.477 e. The van der Waals surface area contributed by atoms with Crippen molar-refractivity contribution in [1.82, 2.24) is 9.69 Å². The van der Waals surface area contributed by atoms with Crippen LogP contribution in [0.3, 0.4) is 0 Å². The number of hydrogen-bond donors (Lipinski definition) is 3. The minimum atomic E-state index is -1.18. The maximum Gasteiger partial charge on any atom is 0.349 e. The van der Waals surface area contributed by atoms with E-state index in [4.69, 9.17) is 10.8 Å². The Morgan fingerprint density at radius 3 is 2.80 bits per heavy atom. The van der Waals surface area contributed by atoms with Crippen LogP contribution in [-0.4, -0.2) is 21.4 Å². The van der Waals surface area contributed by atoms with Gasteiger partial charge in [-0.25, -0.2) is 4.79 Å². The first-order chi connectivity index (χ1) is 9.49. The standard InChI is InChI=1S/C13H13N3O3S/c1-7-3-2-4-8(5-7)6-15-12(17)10-9(14)11(13(18)19)20-16-10/h2-5H,6,14H2,1H3,(H,15,17)(H,18,19). The van der Waals surface area contributed by atoms with Crippen molar-refractivity contribution in [2.75, 3.05) is 5.73 Å². The van der Waals surface area contributed by atoms with Gasteiger partial charge in [0.25, 0.3) is 5.91 Å². The molecule has 0 fully saturated rings. The number of amides is 1. The number of anilines is 1. The highest BCUT2D eigenvalue weighted by atomic mass is 32.1. The van der Waals surface area contributed by atoms with Crippen molar-refractivity contribution in [2.24, 2.45) is 0 Å². The highest BCUT2D eigenvalue weighted by molar-refractivity contribution is 7.08. The molecule has 0 saturated heterocycles. The number of aromatic carboxylic acids is 1. The summed E-state index contributed by atoms with van der Waals surface area (Å²) >= 11 is 0.701. The number of carboxylic acid groups (broad SMARTS) is 1. The molecule has 7 heteroatoms. The van der Waals surface area contributed by atoms with Gasteiger partial charge in [-0.2, -0.15) is 4.37 Å². The van der Waals surface area contributed by atoms with Crippen molar-refractivity contribution in [3.8, 4) is 0 Å². The van der Waals surface area contributed by atoms with Crippen LogP contribution in [0.4, 0.5) is 5.69 Å². The fraction of sp³-hybridized carbons (Fsp3) is 0.154. The molecular weight excluding hydrogens is 278 g/mol. The Labute approximate surface area is 119 Å². The van der Waals surface area contributed by atoms with Crippen LogP contribution in [0.2, 0.25) is 0 Å². The predicted molar refractivity (Wildman–Crippen MR) is 75.8 cm³/mol. The molecule has 0 aliphatic carbocycles. The molecule has 0 radical (unpaired) electrons. The number of carboxylic acids is 1. The highest BCUT2D eigenvalue weighted by Gasteiger charge is 2.21. The van der Waals surface area contributed by atoms with Crippen LogP contribution in [0.25, 0.3) is 0 Å². The summed E-state index contributed by atoms with van der Waals surface area (Å²) in [5, 5.41) is 11.5. The maximum absolute atomic E-state index is 11.9. The fourth-order valence-electron chi connectivity index (χ4n) is 1.70. The molecule has 104 valence electrons. The van der Waals surface area contributed by atoms with Crippen LogP contribution in [0.1, 0.15) is 31.3 Å². The summed E-state index contributed by atoms with van der Waals surface area (Å²) < 4.78 is 3.79. The van der Waals surface area contributed by atoms with Gasteiger partial charge >= 0.3 is 5.97 Å². The summed E-state index contributed by atoms with van der Waals surface area (Å²) in [4.78, 5) is 22.6. The zero-order valence-electron chi connectivity index (χ0n) is 10.7. The van der Waals surface area contributed by atoms with E-state index in [0.29, 0.717) is 18.1 Å². The molecule has 2 aromatic rings. The average Bonchev–Trinajstić information content (AvgIpc) is 2.78. The van der Waals surface area contributed by atoms with Crippen LogP contribution in [-0.2, 0) is 6.54 Å². The number of nitrogens with one attached hydrogen (secondary N) is 1. The van der Waals surface area contributed by atoms with E-state index in [9.17, 15) is 9.59 Å². The SMILES string of the molecule is Cc1cccc(CNC(=O)c2nsc(C(=O)O)c2N)c1. The Kier molecular flexibility index (Phi) is 3.99. The van der Waals surface area contributed by atoms with E-state index in [1.165, 1.54) is 0 Å². The van der Waals surface area contributed by atoms with Crippen molar-refractivity contribution in [1.29, 1.82) is 0 Å². The van der Waals surface area contributed by atoms with Gasteiger partial charge in [-0.05, 0) is 24.0 Å². The first kappa shape index (κ1) is 14.0. The Bertz CT molecular complexity index is 667. The summed E-state index contributed by atoms with van der Waals surface area (Å²) in [6.45, 7) is 2.29. The normalized spacial score (nSPS) is 10.2. The lowest BCUT2D eigenvalue weighted by atomic mass is 10.1. The van der Waals surface area contributed by atoms with E-state index in [-0.39, 0.29) is 16.3 Å². The number of aryl methyl sites for hydroxylation is 1. The third-order valence-electron chi connectivity index (χ3n) is 2.67. The van der Waals surface area contributed by atoms with E-state index in [1.54, 1.807) is 0 Å². The summed E-state index contributed by atoms with van der Waals surface area (Å²) in [5.41, 5.74) is 7.51. The lowest BCUT2D eigenvalue weighted by Crippen LogP contribution is -2.24. The molecule has 6 nitrogen and oxygen atoms in total. The van der Waals surface area contributed by atoms with E-state index >= 15 is 0 Å². The quantitative estimate of drug-likeness (QED) is 0.794. The van der Waals surface area contributed by atoms with Gasteiger partial charge in [0, 0.05) is 6.54 Å². The molecule has 0 bridgehead atoms. The van der Waals surface area contributed by atoms with Gasteiger partial charge in [-0.3, -0.25) is 4.79 Å². The summed E-state index contributed by atoms with van der Waals surface area (Å²) in [5.74, 6) is -1.66. The number of nitrogens with zero attached hydrogens (tertiary/aromatic N) is 1. The van der Waals surface area contributed by atoms with E-state index < -0.39 is 11.9 Å². The van der Waals surface area contributed by atoms with Gasteiger partial charge in [-0.1, -0.05) is 29.8 Å². The van der Waals surface area contributed by atoms with Crippen molar-refractivity contribution in [3.63, 3.8) is 0 Å². The third-order valence-corrected chi connectivity index (χ3v) is 3.52. The van der Waals surface area contributed by atoms with Gasteiger partial charge in [0.05, 0.1) is 5.69 Å². The average molecular weight is 291 g/mol. The first-order valence-electron chi connectivity index (χ1n) is 5.81. The summed E-state index contributed by atoms with van der Waals surface area (Å²) in [6, 6.07) is 7.70. The van der Waals surface area contributed by atoms with Crippen LogP contribution < -0.4 is 11.1 Å². The molecule has 0 unspecified atom stereocenters. The van der Waals surface area contributed by atoms with Crippen LogP contribution in [0.15, 0.2) is 24.3 Å². The molecule has 4 N–H and O–H groups in total. The number of rotatable bonds is 4. The number of carbonyl (C=O) groups is 2. The van der Waals surface area contributed by atoms with Gasteiger partial charge in [0.1, 0.15) is 0 Å². The molecule has 0 aliphatic rings. The Morgan fingerprint density at radius 1 is 1.45 bits per heavy atom. The van der Waals surface area contributed by atoms with E-state index in [1.807, 2.05) is 31.2 Å². The van der Waals surface area contributed by atoms with Gasteiger partial charge in [-0.15, -0.1) is 0 Å². The van der Waals surface area contributed by atoms with Crippen LogP contribution in [0, 0.1) is 6.92 Å². The lowest BCUT2D eigenvalue weighted by molar-refractivity contribution is 0.0703. The maximum atomic E-state index is 11.9. The van der Waals surface area contributed by atoms with E-state index in [0.717, 1.165) is 11.1 Å². The monoisotopic (exact) mass is 291 g/mol. The molecule has 0 spiro atoms. The number of hydrogen-bond acceptors (Lipinski definition) is 5. The second-order valence-electron chi connectivity index (χ2n) is 4.25. The second-order valence-corrected chi connectivity index (χ2v) is 5.02. The smallest absolute Gasteiger partial charge is 0.349 e. The first-order valence-corrected chi connectivity index (χ1v) is 6.58. The van der Waals surface area contributed by atoms with Crippen molar-refractivity contribution < 1.29 is 14.7 Å². The molecule has 1 amide bonds. The largest absolute Gasteiger partial charge is 0.477 e. The molecular formula is C13H13N3O3S. The minimum absolute atomic E-state index is 0.0416. The number of carbonyl (C=O) groups excluding carboxylic acids is 1. The Balaban J connectivity index is 2.07. The van der Waals surface area contributed by atoms with Gasteiger partial charge in [0.2, 0.25) is 0 Å². The highest BCUT2D eigenvalue weighted by Crippen LogP contribution is 2.21. The molecule has 1 aromatic carbocycles. The molecule has 0 aliphatic heterocycles. The Morgan fingerprint density at radius 2 is 2.20 bits per heavy atom. The number of aromatic nitrogens is 1. The zero-order chi connectivity index (χ0) is 14.7. The summed E-state index contributed by atoms with van der Waals surface area (Å²) in [7, 11) is 0. The van der Waals surface area contributed by atoms with Crippen molar-refractivity contribution >= 4 is 29.1 Å². The fourth-order valence-corrected chi connectivity index (χ4v) is 2.34. The van der Waals surface area contributed by atoms with Crippen LogP contribution >= 0.6 is 11.5 Å². The number of nitrogen functional groups attached to an aromatic ring is 1. The molecule has 1 heterocycles. The van der Waals surface area contributed by atoms with Crippen molar-refractivity contribution in [3.05, 3.63) is 46.0 Å². The number of benzene rings is 1. The van der Waals surface area contributed by atoms with Crippen LogP contribution in [0.5, 0.6) is 0 Å². The van der Waals surface area contributed by atoms with Gasteiger partial charge < -0.3 is 16.2 Å². The molecule has 0 atom stereocenters. The van der Waals surface area contributed by atoms with Gasteiger partial charge in [0.15, 0.2) is 10.6 Å². The molecule has 2 rings (SSSR count). The summed E-state index contributed by atoms with van der Waals surface area (Å²) in [6.07, 6.45) is 0. The van der Waals surface area contributed by atoms with Crippen molar-refractivity contribution in [2.45, 2.75) is 13.5 Å². The number of nitrogens with two attached hydrogens (primary N) is 1. The molecule has 20 heavy (non-hydrogen) atoms. The molecule has 0 saturated carbocycles. The topological polar surface area (TPSA) is 105 Å².